The molecule has 2 aromatic carbocycles. The fourth-order valence-corrected chi connectivity index (χ4v) is 3.12. The Hall–Kier alpha value is -4.26. The molecule has 33 heavy (non-hydrogen) atoms. The van der Waals surface area contributed by atoms with Crippen LogP contribution in [0, 0.1) is 19.7 Å². The van der Waals surface area contributed by atoms with Crippen molar-refractivity contribution in [1.29, 1.82) is 0 Å². The normalized spacial score (nSPS) is 10.5. The number of benzene rings is 2. The highest BCUT2D eigenvalue weighted by Crippen LogP contribution is 2.24. The molecule has 0 saturated carbocycles. The lowest BCUT2D eigenvalue weighted by molar-refractivity contribution is 0.102. The lowest BCUT2D eigenvalue weighted by Gasteiger charge is -2.10. The second-order valence-electron chi connectivity index (χ2n) is 7.47. The molecule has 0 fully saturated rings. The number of aromatic nitrogens is 2. The first-order valence-corrected chi connectivity index (χ1v) is 10.3. The van der Waals surface area contributed by atoms with Crippen molar-refractivity contribution >= 4 is 11.6 Å². The number of aryl methyl sites for hydroxylation is 2. The van der Waals surface area contributed by atoms with Crippen molar-refractivity contribution in [2.24, 2.45) is 0 Å². The molecule has 2 aromatic heterocycles. The Kier molecular flexibility index (Phi) is 6.59. The second-order valence-corrected chi connectivity index (χ2v) is 7.47. The molecular weight excluding hydrogens is 421 g/mol. The zero-order valence-corrected chi connectivity index (χ0v) is 18.2. The Bertz CT molecular complexity index is 1240. The summed E-state index contributed by atoms with van der Waals surface area (Å²) in [4.78, 5) is 20.9. The minimum absolute atomic E-state index is 0.244. The van der Waals surface area contributed by atoms with Gasteiger partial charge in [0, 0.05) is 18.0 Å². The minimum atomic E-state index is -0.275. The monoisotopic (exact) mass is 443 g/mol. The number of nitrogens with one attached hydrogen (secondary N) is 1. The number of rotatable bonds is 7. The van der Waals surface area contributed by atoms with Gasteiger partial charge < -0.3 is 14.8 Å². The van der Waals surface area contributed by atoms with Crippen LogP contribution in [0.4, 0.5) is 10.1 Å². The van der Waals surface area contributed by atoms with Crippen molar-refractivity contribution in [3.8, 4) is 17.4 Å². The van der Waals surface area contributed by atoms with Crippen molar-refractivity contribution in [3.05, 3.63) is 107 Å². The Morgan fingerprint density at radius 1 is 0.909 bits per heavy atom. The Balaban J connectivity index is 1.32. The molecule has 1 amide bonds. The number of carbonyl (C=O) groups excluding carboxylic acids is 1. The highest BCUT2D eigenvalue weighted by atomic mass is 19.1. The molecule has 6 nitrogen and oxygen atoms in total. The van der Waals surface area contributed by atoms with Gasteiger partial charge in [0.25, 0.3) is 5.91 Å². The van der Waals surface area contributed by atoms with Gasteiger partial charge >= 0.3 is 0 Å². The van der Waals surface area contributed by atoms with Crippen LogP contribution < -0.4 is 14.8 Å². The van der Waals surface area contributed by atoms with Crippen LogP contribution in [-0.4, -0.2) is 15.9 Å². The van der Waals surface area contributed by atoms with Crippen molar-refractivity contribution in [2.45, 2.75) is 20.5 Å². The van der Waals surface area contributed by atoms with E-state index >= 15 is 0 Å². The topological polar surface area (TPSA) is 73.3 Å². The number of halogens is 1. The Morgan fingerprint density at radius 2 is 1.64 bits per heavy atom. The van der Waals surface area contributed by atoms with Gasteiger partial charge in [-0.2, -0.15) is 0 Å². The Morgan fingerprint density at radius 3 is 2.30 bits per heavy atom. The number of hydrogen-bond donors (Lipinski definition) is 1. The van der Waals surface area contributed by atoms with E-state index in [4.69, 9.17) is 9.47 Å². The van der Waals surface area contributed by atoms with Crippen molar-refractivity contribution < 1.29 is 18.7 Å². The minimum Gasteiger partial charge on any atom is -0.489 e. The molecule has 4 aromatic rings. The molecule has 0 radical (unpaired) electrons. The smallest absolute Gasteiger partial charge is 0.257 e. The maximum atomic E-state index is 13.0. The summed E-state index contributed by atoms with van der Waals surface area (Å²) in [6, 6.07) is 18.5. The van der Waals surface area contributed by atoms with E-state index in [-0.39, 0.29) is 11.7 Å². The number of anilines is 1. The number of nitrogens with zero attached hydrogens (tertiary/aromatic N) is 2. The fraction of sp³-hybridized carbons (Fsp3) is 0.115. The van der Waals surface area contributed by atoms with E-state index in [1.807, 2.05) is 19.9 Å². The summed E-state index contributed by atoms with van der Waals surface area (Å²) in [7, 11) is 0. The summed E-state index contributed by atoms with van der Waals surface area (Å²) in [5.74, 6) is 1.13. The third kappa shape index (κ3) is 5.92. The third-order valence-electron chi connectivity index (χ3n) is 4.85. The van der Waals surface area contributed by atoms with Crippen molar-refractivity contribution in [2.75, 3.05) is 5.32 Å². The number of carbonyl (C=O) groups is 1. The molecule has 0 aliphatic carbocycles. The number of pyridine rings is 2. The molecule has 0 aliphatic rings. The summed E-state index contributed by atoms with van der Waals surface area (Å²) in [5, 5.41) is 2.81. The third-order valence-corrected chi connectivity index (χ3v) is 4.85. The van der Waals surface area contributed by atoms with Crippen LogP contribution in [0.25, 0.3) is 0 Å². The molecule has 0 bridgehead atoms. The van der Waals surface area contributed by atoms with E-state index in [0.717, 1.165) is 16.8 Å². The summed E-state index contributed by atoms with van der Waals surface area (Å²) in [6.07, 6.45) is 3.10. The fourth-order valence-electron chi connectivity index (χ4n) is 3.12. The van der Waals surface area contributed by atoms with E-state index in [2.05, 4.69) is 15.3 Å². The van der Waals surface area contributed by atoms with Crippen LogP contribution in [0.1, 0.15) is 27.2 Å². The van der Waals surface area contributed by atoms with Crippen LogP contribution in [0.15, 0.2) is 79.1 Å². The molecule has 0 unspecified atom stereocenters. The maximum Gasteiger partial charge on any atom is 0.257 e. The Labute approximate surface area is 191 Å². The second kappa shape index (κ2) is 9.91. The first-order valence-electron chi connectivity index (χ1n) is 10.3. The summed E-state index contributed by atoms with van der Waals surface area (Å²) >= 11 is 0. The predicted molar refractivity (Wildman–Crippen MR) is 123 cm³/mol. The number of amides is 1. The van der Waals surface area contributed by atoms with Crippen molar-refractivity contribution in [3.63, 3.8) is 0 Å². The van der Waals surface area contributed by atoms with Gasteiger partial charge in [-0.1, -0.05) is 12.1 Å². The van der Waals surface area contributed by atoms with E-state index in [1.54, 1.807) is 54.7 Å². The first-order chi connectivity index (χ1) is 16.0. The lowest BCUT2D eigenvalue weighted by Crippen LogP contribution is -2.14. The summed E-state index contributed by atoms with van der Waals surface area (Å²) in [5.41, 5.74) is 3.67. The standard InChI is InChI=1S/C26H22FN3O3/c1-17-13-18(2)28-15-24(17)26(31)30-21-7-12-25(29-14-21)33-23-10-8-22(9-11-23)32-16-19-3-5-20(27)6-4-19/h3-15H,16H2,1-2H3,(H,30,31). The molecule has 4 rings (SSSR count). The average molecular weight is 443 g/mol. The maximum absolute atomic E-state index is 13.0. The van der Waals surface area contributed by atoms with E-state index in [9.17, 15) is 9.18 Å². The first kappa shape index (κ1) is 22.0. The van der Waals surface area contributed by atoms with Gasteiger partial charge in [0.1, 0.15) is 23.9 Å². The van der Waals surface area contributed by atoms with Crippen LogP contribution in [0.3, 0.4) is 0 Å². The van der Waals surface area contributed by atoms with Gasteiger partial charge in [-0.25, -0.2) is 9.37 Å². The zero-order valence-electron chi connectivity index (χ0n) is 18.2. The highest BCUT2D eigenvalue weighted by molar-refractivity contribution is 6.05. The average Bonchev–Trinajstić information content (AvgIpc) is 2.81. The molecule has 0 aliphatic heterocycles. The lowest BCUT2D eigenvalue weighted by atomic mass is 10.1. The van der Waals surface area contributed by atoms with Gasteiger partial charge in [-0.15, -0.1) is 0 Å². The summed E-state index contributed by atoms with van der Waals surface area (Å²) < 4.78 is 24.4. The zero-order chi connectivity index (χ0) is 23.2. The molecule has 7 heteroatoms. The van der Waals surface area contributed by atoms with Gasteiger partial charge in [-0.05, 0) is 73.5 Å². The van der Waals surface area contributed by atoms with Gasteiger partial charge in [0.15, 0.2) is 0 Å². The van der Waals surface area contributed by atoms with E-state index in [1.165, 1.54) is 18.3 Å². The van der Waals surface area contributed by atoms with Crippen molar-refractivity contribution in [1.82, 2.24) is 9.97 Å². The quantitative estimate of drug-likeness (QED) is 0.388. The molecule has 1 N–H and O–H groups in total. The van der Waals surface area contributed by atoms with Gasteiger partial charge in [0.05, 0.1) is 17.4 Å². The van der Waals surface area contributed by atoms with Crippen LogP contribution in [-0.2, 0) is 6.61 Å². The molecule has 0 spiro atoms. The SMILES string of the molecule is Cc1cc(C)c(C(=O)Nc2ccc(Oc3ccc(OCc4ccc(F)cc4)cc3)nc2)cn1. The van der Waals surface area contributed by atoms with Gasteiger partial charge in [-0.3, -0.25) is 9.78 Å². The van der Waals surface area contributed by atoms with E-state index < -0.39 is 0 Å². The van der Waals surface area contributed by atoms with E-state index in [0.29, 0.717) is 35.2 Å². The van der Waals surface area contributed by atoms with Gasteiger partial charge in [0.2, 0.25) is 5.88 Å². The largest absolute Gasteiger partial charge is 0.489 e. The van der Waals surface area contributed by atoms with Crippen LogP contribution in [0.2, 0.25) is 0 Å². The predicted octanol–water partition coefficient (Wildman–Crippen LogP) is 5.86. The highest BCUT2D eigenvalue weighted by Gasteiger charge is 2.10. The molecule has 166 valence electrons. The molecule has 2 heterocycles. The summed E-state index contributed by atoms with van der Waals surface area (Å²) in [6.45, 7) is 4.09. The van der Waals surface area contributed by atoms with Crippen LogP contribution in [0.5, 0.6) is 17.4 Å². The number of hydrogen-bond acceptors (Lipinski definition) is 5. The molecule has 0 saturated heterocycles. The molecule has 0 atom stereocenters. The van der Waals surface area contributed by atoms with Crippen LogP contribution >= 0.6 is 0 Å². The number of ether oxygens (including phenoxy) is 2. The molecular formula is C26H22FN3O3.